The molecule has 2 aromatic carbocycles. The molecule has 0 aliphatic carbocycles. The first kappa shape index (κ1) is 19.2. The minimum atomic E-state index is -0.368. The van der Waals surface area contributed by atoms with E-state index in [1.807, 2.05) is 0 Å². The fourth-order valence-electron chi connectivity index (χ4n) is 2.25. The quantitative estimate of drug-likeness (QED) is 0.526. The molecule has 0 saturated heterocycles. The topological polar surface area (TPSA) is 77.2 Å². The van der Waals surface area contributed by atoms with E-state index >= 15 is 0 Å². The maximum Gasteiger partial charge on any atom is 0.322 e. The number of nitrogens with one attached hydrogen (secondary N) is 1. The van der Waals surface area contributed by atoms with Crippen LogP contribution in [0.1, 0.15) is 30.1 Å². The Morgan fingerprint density at radius 1 is 1.15 bits per heavy atom. The van der Waals surface area contributed by atoms with Crippen molar-refractivity contribution in [3.05, 3.63) is 58.1 Å². The zero-order valence-electron chi connectivity index (χ0n) is 14.5. The molecule has 0 spiro atoms. The third-order valence-corrected chi connectivity index (χ3v) is 4.24. The van der Waals surface area contributed by atoms with Crippen molar-refractivity contribution in [1.82, 2.24) is 10.2 Å². The van der Waals surface area contributed by atoms with Gasteiger partial charge in [0.05, 0.1) is 17.2 Å². The number of unbranched alkanes of at least 4 members (excludes halogenated alkanes) is 1. The van der Waals surface area contributed by atoms with E-state index in [1.54, 1.807) is 42.5 Å². The van der Waals surface area contributed by atoms with Crippen LogP contribution in [-0.2, 0) is 0 Å². The van der Waals surface area contributed by atoms with Crippen molar-refractivity contribution in [3.8, 4) is 17.2 Å². The fraction of sp³-hybridized carbons (Fsp3) is 0.211. The second-order valence-corrected chi connectivity index (χ2v) is 6.56. The molecule has 1 heterocycles. The molecular formula is C19H17Cl2N3O3. The van der Waals surface area contributed by atoms with Gasteiger partial charge in [-0.1, -0.05) is 41.6 Å². The van der Waals surface area contributed by atoms with Crippen LogP contribution >= 0.6 is 23.2 Å². The Morgan fingerprint density at radius 2 is 1.93 bits per heavy atom. The van der Waals surface area contributed by atoms with Gasteiger partial charge in [0.2, 0.25) is 0 Å². The predicted molar refractivity (Wildman–Crippen MR) is 105 cm³/mol. The molecular weight excluding hydrogens is 389 g/mol. The van der Waals surface area contributed by atoms with E-state index in [4.69, 9.17) is 32.4 Å². The third-order valence-electron chi connectivity index (χ3n) is 3.69. The van der Waals surface area contributed by atoms with Crippen LogP contribution in [-0.4, -0.2) is 22.7 Å². The Balaban J connectivity index is 1.65. The molecule has 0 radical (unpaired) electrons. The van der Waals surface area contributed by atoms with Crippen LogP contribution in [0.3, 0.4) is 0 Å². The van der Waals surface area contributed by atoms with Crippen LogP contribution in [0.5, 0.6) is 5.75 Å². The van der Waals surface area contributed by atoms with Crippen molar-refractivity contribution in [1.29, 1.82) is 0 Å². The highest BCUT2D eigenvalue weighted by molar-refractivity contribution is 6.36. The van der Waals surface area contributed by atoms with E-state index in [-0.39, 0.29) is 17.8 Å². The van der Waals surface area contributed by atoms with E-state index in [0.29, 0.717) is 27.8 Å². The molecule has 3 aromatic rings. The summed E-state index contributed by atoms with van der Waals surface area (Å²) >= 11 is 12.0. The number of anilines is 1. The number of ether oxygens (including phenoxy) is 1. The molecule has 8 heteroatoms. The van der Waals surface area contributed by atoms with Gasteiger partial charge in [-0.15, -0.1) is 5.10 Å². The number of carbonyl (C=O) groups is 1. The van der Waals surface area contributed by atoms with E-state index in [9.17, 15) is 4.79 Å². The van der Waals surface area contributed by atoms with Gasteiger partial charge in [-0.25, -0.2) is 0 Å². The Bertz CT molecular complexity index is 926. The molecule has 3 rings (SSSR count). The molecule has 27 heavy (non-hydrogen) atoms. The highest BCUT2D eigenvalue weighted by Gasteiger charge is 2.15. The number of hydrogen-bond acceptors (Lipinski definition) is 5. The van der Waals surface area contributed by atoms with Gasteiger partial charge >= 0.3 is 6.01 Å². The molecule has 0 fully saturated rings. The molecule has 140 valence electrons. The third kappa shape index (κ3) is 4.99. The molecule has 6 nitrogen and oxygen atoms in total. The number of rotatable bonds is 7. The zero-order chi connectivity index (χ0) is 19.2. The second-order valence-electron chi connectivity index (χ2n) is 5.72. The van der Waals surface area contributed by atoms with Gasteiger partial charge in [-0.3, -0.25) is 10.1 Å². The lowest BCUT2D eigenvalue weighted by atomic mass is 10.2. The summed E-state index contributed by atoms with van der Waals surface area (Å²) in [4.78, 5) is 12.3. The maximum absolute atomic E-state index is 12.3. The normalized spacial score (nSPS) is 10.6. The first-order valence-electron chi connectivity index (χ1n) is 8.40. The lowest BCUT2D eigenvalue weighted by Gasteiger charge is -2.06. The average molecular weight is 406 g/mol. The monoisotopic (exact) mass is 405 g/mol. The van der Waals surface area contributed by atoms with Gasteiger partial charge in [-0.2, -0.15) is 0 Å². The molecule has 0 aliphatic heterocycles. The number of benzene rings is 2. The van der Waals surface area contributed by atoms with Crippen LogP contribution in [0.15, 0.2) is 46.9 Å². The first-order chi connectivity index (χ1) is 13.1. The van der Waals surface area contributed by atoms with Crippen molar-refractivity contribution in [3.63, 3.8) is 0 Å². The van der Waals surface area contributed by atoms with Crippen LogP contribution in [0.25, 0.3) is 11.5 Å². The summed E-state index contributed by atoms with van der Waals surface area (Å²) in [6.45, 7) is 2.75. The lowest BCUT2D eigenvalue weighted by Crippen LogP contribution is -2.12. The van der Waals surface area contributed by atoms with Gasteiger partial charge in [0.1, 0.15) is 5.75 Å². The Kier molecular flexibility index (Phi) is 6.32. The smallest absolute Gasteiger partial charge is 0.322 e. The predicted octanol–water partition coefficient (Wildman–Crippen LogP) is 5.47. The van der Waals surface area contributed by atoms with E-state index in [1.165, 1.54) is 0 Å². The van der Waals surface area contributed by atoms with Gasteiger partial charge in [-0.05, 0) is 48.9 Å². The van der Waals surface area contributed by atoms with Gasteiger partial charge in [0.25, 0.3) is 11.8 Å². The van der Waals surface area contributed by atoms with Crippen LogP contribution < -0.4 is 10.1 Å². The average Bonchev–Trinajstić information content (AvgIpc) is 3.10. The van der Waals surface area contributed by atoms with Crippen molar-refractivity contribution < 1.29 is 13.9 Å². The standard InChI is InChI=1S/C19H17Cl2N3O3/c1-2-3-10-26-14-7-4-12(5-8-14)17(25)22-19-24-23-18(27-19)15-9-6-13(20)11-16(15)21/h4-9,11H,2-3,10H2,1H3,(H,22,24,25). The molecule has 0 aliphatic rings. The number of hydrogen-bond donors (Lipinski definition) is 1. The van der Waals surface area contributed by atoms with Crippen molar-refractivity contribution in [2.75, 3.05) is 11.9 Å². The van der Waals surface area contributed by atoms with Crippen molar-refractivity contribution in [2.45, 2.75) is 19.8 Å². The molecule has 0 bridgehead atoms. The largest absolute Gasteiger partial charge is 0.494 e. The Labute approximate surface area is 166 Å². The highest BCUT2D eigenvalue weighted by atomic mass is 35.5. The summed E-state index contributed by atoms with van der Waals surface area (Å²) < 4.78 is 11.0. The summed E-state index contributed by atoms with van der Waals surface area (Å²) in [6, 6.07) is 11.7. The number of halogens is 2. The molecule has 1 aromatic heterocycles. The van der Waals surface area contributed by atoms with Crippen LogP contribution in [0.2, 0.25) is 10.0 Å². The van der Waals surface area contributed by atoms with Gasteiger partial charge in [0.15, 0.2) is 0 Å². The molecule has 0 unspecified atom stereocenters. The maximum atomic E-state index is 12.3. The summed E-state index contributed by atoms with van der Waals surface area (Å²) in [5, 5.41) is 11.2. The number of carbonyl (C=O) groups excluding carboxylic acids is 1. The van der Waals surface area contributed by atoms with E-state index in [0.717, 1.165) is 18.6 Å². The molecule has 1 N–H and O–H groups in total. The Morgan fingerprint density at radius 3 is 2.63 bits per heavy atom. The fourth-order valence-corrected chi connectivity index (χ4v) is 2.74. The van der Waals surface area contributed by atoms with Crippen LogP contribution in [0, 0.1) is 0 Å². The number of amides is 1. The molecule has 1 amide bonds. The summed E-state index contributed by atoms with van der Waals surface area (Å²) in [6.07, 6.45) is 2.05. The van der Waals surface area contributed by atoms with E-state index < -0.39 is 0 Å². The highest BCUT2D eigenvalue weighted by Crippen LogP contribution is 2.30. The summed E-state index contributed by atoms with van der Waals surface area (Å²) in [5.41, 5.74) is 0.977. The number of aromatic nitrogens is 2. The minimum absolute atomic E-state index is 0.0238. The summed E-state index contributed by atoms with van der Waals surface area (Å²) in [5.74, 6) is 0.539. The van der Waals surface area contributed by atoms with E-state index in [2.05, 4.69) is 22.4 Å². The molecule has 0 saturated carbocycles. The zero-order valence-corrected chi connectivity index (χ0v) is 16.0. The SMILES string of the molecule is CCCCOc1ccc(C(=O)Nc2nnc(-c3ccc(Cl)cc3Cl)o2)cc1. The first-order valence-corrected chi connectivity index (χ1v) is 9.15. The van der Waals surface area contributed by atoms with Gasteiger partial charge < -0.3 is 9.15 Å². The van der Waals surface area contributed by atoms with Crippen LogP contribution in [0.4, 0.5) is 6.01 Å². The van der Waals surface area contributed by atoms with Crippen molar-refractivity contribution in [2.24, 2.45) is 0 Å². The lowest BCUT2D eigenvalue weighted by molar-refractivity contribution is 0.102. The molecule has 0 atom stereocenters. The van der Waals surface area contributed by atoms with Gasteiger partial charge in [0, 0.05) is 10.6 Å². The second kappa shape index (κ2) is 8.88. The Hall–Kier alpha value is -2.57. The minimum Gasteiger partial charge on any atom is -0.494 e. The van der Waals surface area contributed by atoms with Crippen molar-refractivity contribution >= 4 is 35.1 Å². The summed E-state index contributed by atoms with van der Waals surface area (Å²) in [7, 11) is 0. The number of nitrogens with zero attached hydrogens (tertiary/aromatic N) is 2.